The largest absolute Gasteiger partial charge is 0.382 e. The zero-order valence-corrected chi connectivity index (χ0v) is 12.8. The van der Waals surface area contributed by atoms with Crippen molar-refractivity contribution in [1.82, 2.24) is 0 Å². The van der Waals surface area contributed by atoms with Crippen molar-refractivity contribution in [2.75, 3.05) is 22.6 Å². The maximum atomic E-state index is 11.7. The second kappa shape index (κ2) is 7.04. The van der Waals surface area contributed by atoms with E-state index in [9.17, 15) is 8.42 Å². The number of rotatable bonds is 7. The highest BCUT2D eigenvalue weighted by Gasteiger charge is 2.11. The summed E-state index contributed by atoms with van der Waals surface area (Å²) in [6.45, 7) is 5.92. The second-order valence-electron chi connectivity index (χ2n) is 4.13. The summed E-state index contributed by atoms with van der Waals surface area (Å²) in [5.41, 5.74) is 0.967. The number of hydrogen-bond donors (Lipinski definition) is 1. The number of thioether (sulfide) groups is 1. The van der Waals surface area contributed by atoms with Gasteiger partial charge in [-0.25, -0.2) is 8.42 Å². The highest BCUT2D eigenvalue weighted by atomic mass is 32.2. The van der Waals surface area contributed by atoms with Crippen molar-refractivity contribution in [1.29, 1.82) is 0 Å². The molecule has 0 spiro atoms. The van der Waals surface area contributed by atoms with Gasteiger partial charge in [-0.3, -0.25) is 0 Å². The zero-order valence-electron chi connectivity index (χ0n) is 11.1. The summed E-state index contributed by atoms with van der Waals surface area (Å²) >= 11 is 1.89. The van der Waals surface area contributed by atoms with Crippen LogP contribution in [0.25, 0.3) is 0 Å². The van der Waals surface area contributed by atoms with E-state index in [0.29, 0.717) is 10.9 Å². The molecule has 0 bridgehead atoms. The number of anilines is 1. The van der Waals surface area contributed by atoms with Gasteiger partial charge in [0.25, 0.3) is 0 Å². The molecule has 0 heterocycles. The first-order chi connectivity index (χ1) is 8.49. The Labute approximate surface area is 114 Å². The summed E-state index contributed by atoms with van der Waals surface area (Å²) in [4.78, 5) is 0.395. The number of hydrogen-bond acceptors (Lipinski definition) is 4. The highest BCUT2D eigenvalue weighted by molar-refractivity contribution is 7.99. The van der Waals surface area contributed by atoms with Gasteiger partial charge in [0.2, 0.25) is 0 Å². The summed E-state index contributed by atoms with van der Waals surface area (Å²) in [6, 6.07) is 7.37. The lowest BCUT2D eigenvalue weighted by atomic mass is 10.3. The average molecular weight is 287 g/mol. The molecular formula is C13H21NO2S2. The maximum Gasteiger partial charge on any atom is 0.178 e. The van der Waals surface area contributed by atoms with Crippen molar-refractivity contribution in [3.05, 3.63) is 24.3 Å². The third-order valence-corrected chi connectivity index (χ3v) is 5.47. The molecule has 0 radical (unpaired) electrons. The minimum atomic E-state index is -3.09. The van der Waals surface area contributed by atoms with Crippen LogP contribution in [-0.2, 0) is 9.84 Å². The van der Waals surface area contributed by atoms with Crippen molar-refractivity contribution < 1.29 is 8.42 Å². The first-order valence-electron chi connectivity index (χ1n) is 6.16. The summed E-state index contributed by atoms with van der Waals surface area (Å²) in [6.07, 6.45) is 0. The number of benzene rings is 1. The summed E-state index contributed by atoms with van der Waals surface area (Å²) in [5, 5.41) is 3.36. The topological polar surface area (TPSA) is 46.2 Å². The van der Waals surface area contributed by atoms with Gasteiger partial charge in [0, 0.05) is 17.5 Å². The van der Waals surface area contributed by atoms with Crippen LogP contribution in [0.5, 0.6) is 0 Å². The summed E-state index contributed by atoms with van der Waals surface area (Å²) < 4.78 is 23.3. The number of sulfone groups is 1. The van der Waals surface area contributed by atoms with E-state index < -0.39 is 9.84 Å². The fourth-order valence-corrected chi connectivity index (χ4v) is 3.10. The van der Waals surface area contributed by atoms with Crippen molar-refractivity contribution in [2.24, 2.45) is 0 Å². The van der Waals surface area contributed by atoms with Gasteiger partial charge in [-0.1, -0.05) is 13.8 Å². The Morgan fingerprint density at radius 1 is 1.22 bits per heavy atom. The molecule has 1 aromatic rings. The van der Waals surface area contributed by atoms with E-state index in [0.717, 1.165) is 17.2 Å². The molecule has 0 aliphatic carbocycles. The van der Waals surface area contributed by atoms with Crippen molar-refractivity contribution >= 4 is 27.3 Å². The van der Waals surface area contributed by atoms with E-state index in [1.54, 1.807) is 19.1 Å². The lowest BCUT2D eigenvalue weighted by molar-refractivity contribution is 0.597. The summed E-state index contributed by atoms with van der Waals surface area (Å²) in [5.74, 6) is 2.30. The van der Waals surface area contributed by atoms with Crippen LogP contribution in [0.1, 0.15) is 20.8 Å². The average Bonchev–Trinajstić information content (AvgIpc) is 2.37. The predicted molar refractivity (Wildman–Crippen MR) is 80.3 cm³/mol. The monoisotopic (exact) mass is 287 g/mol. The van der Waals surface area contributed by atoms with Crippen LogP contribution in [0.3, 0.4) is 0 Å². The van der Waals surface area contributed by atoms with Gasteiger partial charge in [0.15, 0.2) is 9.84 Å². The third-order valence-electron chi connectivity index (χ3n) is 2.58. The molecule has 0 aliphatic heterocycles. The van der Waals surface area contributed by atoms with Gasteiger partial charge in [0.1, 0.15) is 0 Å². The zero-order chi connectivity index (χ0) is 13.6. The SMILES string of the molecule is CCSCC(C)Nc1ccc(S(=O)(=O)CC)cc1. The molecule has 5 heteroatoms. The molecule has 0 saturated heterocycles. The predicted octanol–water partition coefficient (Wildman–Crippen LogP) is 3.03. The van der Waals surface area contributed by atoms with Crippen LogP contribution >= 0.6 is 11.8 Å². The second-order valence-corrected chi connectivity index (χ2v) is 7.73. The Bertz CT molecular complexity index is 454. The normalized spacial score (nSPS) is 13.3. The van der Waals surface area contributed by atoms with Gasteiger partial charge in [-0.05, 0) is 36.9 Å². The molecule has 1 rings (SSSR count). The first-order valence-corrected chi connectivity index (χ1v) is 8.97. The molecule has 0 amide bonds. The minimum Gasteiger partial charge on any atom is -0.382 e. The molecule has 0 aromatic heterocycles. The minimum absolute atomic E-state index is 0.142. The first kappa shape index (κ1) is 15.4. The smallest absolute Gasteiger partial charge is 0.178 e. The van der Waals surface area contributed by atoms with Crippen LogP contribution in [0.2, 0.25) is 0 Å². The molecule has 1 aromatic carbocycles. The van der Waals surface area contributed by atoms with E-state index in [2.05, 4.69) is 19.2 Å². The van der Waals surface area contributed by atoms with Gasteiger partial charge in [-0.2, -0.15) is 11.8 Å². The van der Waals surface area contributed by atoms with Crippen LogP contribution < -0.4 is 5.32 Å². The molecule has 0 saturated carbocycles. The Hall–Kier alpha value is -0.680. The van der Waals surface area contributed by atoms with E-state index >= 15 is 0 Å². The Kier molecular flexibility index (Phi) is 6.02. The van der Waals surface area contributed by atoms with Crippen molar-refractivity contribution in [3.63, 3.8) is 0 Å². The van der Waals surface area contributed by atoms with Crippen LogP contribution in [0.4, 0.5) is 5.69 Å². The fourth-order valence-electron chi connectivity index (χ4n) is 1.55. The molecule has 0 aliphatic rings. The summed E-state index contributed by atoms with van der Waals surface area (Å²) in [7, 11) is -3.09. The fraction of sp³-hybridized carbons (Fsp3) is 0.538. The Balaban J connectivity index is 2.66. The van der Waals surface area contributed by atoms with Gasteiger partial charge in [-0.15, -0.1) is 0 Å². The molecule has 1 unspecified atom stereocenters. The van der Waals surface area contributed by atoms with Gasteiger partial charge >= 0.3 is 0 Å². The number of nitrogens with one attached hydrogen (secondary N) is 1. The molecule has 1 atom stereocenters. The molecule has 102 valence electrons. The molecule has 1 N–H and O–H groups in total. The lowest BCUT2D eigenvalue weighted by Crippen LogP contribution is -2.18. The van der Waals surface area contributed by atoms with E-state index in [1.165, 1.54) is 0 Å². The standard InChI is InChI=1S/C13H21NO2S2/c1-4-17-10-11(3)14-12-6-8-13(9-7-12)18(15,16)5-2/h6-9,11,14H,4-5,10H2,1-3H3. The molecule has 0 fully saturated rings. The quantitative estimate of drug-likeness (QED) is 0.837. The van der Waals surface area contributed by atoms with Crippen LogP contribution in [0, 0.1) is 0 Å². The Morgan fingerprint density at radius 3 is 2.33 bits per heavy atom. The molecule has 18 heavy (non-hydrogen) atoms. The Morgan fingerprint density at radius 2 is 1.83 bits per heavy atom. The third kappa shape index (κ3) is 4.53. The van der Waals surface area contributed by atoms with E-state index in [4.69, 9.17) is 0 Å². The van der Waals surface area contributed by atoms with E-state index in [1.807, 2.05) is 23.9 Å². The van der Waals surface area contributed by atoms with Crippen LogP contribution in [-0.4, -0.2) is 31.7 Å². The molecule has 3 nitrogen and oxygen atoms in total. The lowest BCUT2D eigenvalue weighted by Gasteiger charge is -2.14. The molecular weight excluding hydrogens is 266 g/mol. The highest BCUT2D eigenvalue weighted by Crippen LogP contribution is 2.16. The van der Waals surface area contributed by atoms with E-state index in [-0.39, 0.29) is 5.75 Å². The van der Waals surface area contributed by atoms with Gasteiger partial charge in [0.05, 0.1) is 10.6 Å². The van der Waals surface area contributed by atoms with Gasteiger partial charge < -0.3 is 5.32 Å². The maximum absolute atomic E-state index is 11.7. The van der Waals surface area contributed by atoms with Crippen molar-refractivity contribution in [3.8, 4) is 0 Å². The van der Waals surface area contributed by atoms with Crippen molar-refractivity contribution in [2.45, 2.75) is 31.7 Å². The van der Waals surface area contributed by atoms with Crippen LogP contribution in [0.15, 0.2) is 29.2 Å².